The summed E-state index contributed by atoms with van der Waals surface area (Å²) in [7, 11) is 1.76. The molecule has 1 aromatic carbocycles. The van der Waals surface area contributed by atoms with Crippen LogP contribution in [-0.4, -0.2) is 13.3 Å². The highest BCUT2D eigenvalue weighted by Gasteiger charge is 1.88. The van der Waals surface area contributed by atoms with Gasteiger partial charge in [0.1, 0.15) is 0 Å². The van der Waals surface area contributed by atoms with Crippen molar-refractivity contribution in [3.63, 3.8) is 0 Å². The van der Waals surface area contributed by atoms with Crippen molar-refractivity contribution in [1.29, 1.82) is 0 Å². The van der Waals surface area contributed by atoms with Crippen LogP contribution in [0.4, 0.5) is 5.69 Å². The molecular weight excluding hydrogens is 162 g/mol. The van der Waals surface area contributed by atoms with E-state index in [-0.39, 0.29) is 0 Å². The van der Waals surface area contributed by atoms with Crippen molar-refractivity contribution in [3.05, 3.63) is 35.7 Å². The molecule has 0 aliphatic heterocycles. The van der Waals surface area contributed by atoms with E-state index in [1.54, 1.807) is 13.3 Å². The zero-order chi connectivity index (χ0) is 9.52. The van der Waals surface area contributed by atoms with Crippen LogP contribution in [0.3, 0.4) is 0 Å². The maximum absolute atomic E-state index is 4.13. The summed E-state index contributed by atoms with van der Waals surface area (Å²) in [5.41, 5.74) is 3.82. The smallest absolute Gasteiger partial charge is 0.0820 e. The van der Waals surface area contributed by atoms with Gasteiger partial charge in [-0.15, -0.1) is 0 Å². The molecule has 0 aliphatic rings. The quantitative estimate of drug-likeness (QED) is 0.538. The van der Waals surface area contributed by atoms with Gasteiger partial charge < -0.3 is 0 Å². The molecule has 0 heterocycles. The molecule has 1 aromatic rings. The van der Waals surface area contributed by atoms with Crippen LogP contribution in [0.15, 0.2) is 40.4 Å². The summed E-state index contributed by atoms with van der Waals surface area (Å²) in [6.45, 7) is 1.86. The number of rotatable bonds is 2. The standard InChI is InChI=1S/C10H13N3/c1-3-12-13-10-8-6-4-5-7-9(10)11-2/h3-8H,1-2H3,(H,11,13)/b12-3+. The van der Waals surface area contributed by atoms with E-state index >= 15 is 0 Å². The van der Waals surface area contributed by atoms with Crippen LogP contribution in [0.1, 0.15) is 6.92 Å². The van der Waals surface area contributed by atoms with Crippen molar-refractivity contribution >= 4 is 11.9 Å². The fourth-order valence-corrected chi connectivity index (χ4v) is 0.961. The Labute approximate surface area is 77.8 Å². The minimum absolute atomic E-state index is 0.899. The molecule has 0 atom stereocenters. The Morgan fingerprint density at radius 1 is 1.23 bits per heavy atom. The van der Waals surface area contributed by atoms with E-state index in [2.05, 4.69) is 15.5 Å². The van der Waals surface area contributed by atoms with Gasteiger partial charge in [-0.3, -0.25) is 10.4 Å². The van der Waals surface area contributed by atoms with Crippen molar-refractivity contribution < 1.29 is 0 Å². The van der Waals surface area contributed by atoms with E-state index in [1.807, 2.05) is 37.3 Å². The summed E-state index contributed by atoms with van der Waals surface area (Å²) in [5.74, 6) is 0. The maximum Gasteiger partial charge on any atom is 0.0820 e. The molecule has 3 nitrogen and oxygen atoms in total. The number of hydrogen-bond acceptors (Lipinski definition) is 3. The molecular formula is C10H13N3. The van der Waals surface area contributed by atoms with Crippen LogP contribution in [0.5, 0.6) is 0 Å². The summed E-state index contributed by atoms with van der Waals surface area (Å²) in [6, 6.07) is 9.73. The third kappa shape index (κ3) is 2.71. The third-order valence-electron chi connectivity index (χ3n) is 1.57. The lowest BCUT2D eigenvalue weighted by molar-refractivity contribution is 1.24. The highest BCUT2D eigenvalue weighted by atomic mass is 15.3. The van der Waals surface area contributed by atoms with E-state index < -0.39 is 0 Å². The van der Waals surface area contributed by atoms with Gasteiger partial charge >= 0.3 is 0 Å². The second-order valence-corrected chi connectivity index (χ2v) is 2.43. The molecule has 0 spiro atoms. The van der Waals surface area contributed by atoms with Gasteiger partial charge in [0.25, 0.3) is 0 Å². The van der Waals surface area contributed by atoms with E-state index in [1.165, 1.54) is 0 Å². The number of nitrogens with zero attached hydrogens (tertiary/aromatic N) is 2. The van der Waals surface area contributed by atoms with E-state index in [4.69, 9.17) is 0 Å². The Bertz CT molecular complexity index is 355. The lowest BCUT2D eigenvalue weighted by Crippen LogP contribution is -2.05. The first-order valence-corrected chi connectivity index (χ1v) is 4.14. The first-order valence-electron chi connectivity index (χ1n) is 4.14. The second-order valence-electron chi connectivity index (χ2n) is 2.43. The Hall–Kier alpha value is -1.64. The molecule has 0 amide bonds. The minimum atomic E-state index is 0.899. The number of hydrogen-bond donors (Lipinski definition) is 1. The molecule has 0 unspecified atom stereocenters. The molecule has 0 saturated heterocycles. The largest absolute Gasteiger partial charge is 0.286 e. The van der Waals surface area contributed by atoms with E-state index in [9.17, 15) is 0 Å². The zero-order valence-electron chi connectivity index (χ0n) is 7.86. The van der Waals surface area contributed by atoms with Crippen LogP contribution in [0.25, 0.3) is 0 Å². The van der Waals surface area contributed by atoms with Gasteiger partial charge in [0.15, 0.2) is 0 Å². The summed E-state index contributed by atoms with van der Waals surface area (Å²) >= 11 is 0. The normalized spacial score (nSPS) is 12.0. The second kappa shape index (κ2) is 5.09. The van der Waals surface area contributed by atoms with Crippen molar-refractivity contribution in [2.45, 2.75) is 6.92 Å². The molecule has 68 valence electrons. The van der Waals surface area contributed by atoms with Crippen LogP contribution >= 0.6 is 0 Å². The molecule has 0 fully saturated rings. The van der Waals surface area contributed by atoms with Gasteiger partial charge in [0, 0.05) is 13.3 Å². The molecule has 13 heavy (non-hydrogen) atoms. The first-order chi connectivity index (χ1) is 6.38. The first kappa shape index (κ1) is 9.45. The molecule has 1 N–H and O–H groups in total. The van der Waals surface area contributed by atoms with Crippen LogP contribution in [-0.2, 0) is 0 Å². The zero-order valence-corrected chi connectivity index (χ0v) is 7.86. The van der Waals surface area contributed by atoms with Crippen LogP contribution in [0, 0.1) is 0 Å². The SMILES string of the molecule is C/C=N/Nc1cccccc1=NC. The van der Waals surface area contributed by atoms with Gasteiger partial charge in [0.2, 0.25) is 0 Å². The molecule has 0 radical (unpaired) electrons. The Morgan fingerprint density at radius 3 is 2.69 bits per heavy atom. The van der Waals surface area contributed by atoms with Gasteiger partial charge in [0.05, 0.1) is 11.0 Å². The number of anilines is 1. The molecule has 0 saturated carbocycles. The van der Waals surface area contributed by atoms with Gasteiger partial charge in [-0.25, -0.2) is 0 Å². The van der Waals surface area contributed by atoms with Crippen LogP contribution < -0.4 is 10.8 Å². The highest BCUT2D eigenvalue weighted by molar-refractivity contribution is 5.55. The van der Waals surface area contributed by atoms with Gasteiger partial charge in [-0.05, 0) is 19.1 Å². The summed E-state index contributed by atoms with van der Waals surface area (Å²) in [5, 5.41) is 4.84. The highest BCUT2D eigenvalue weighted by Crippen LogP contribution is 1.96. The average Bonchev–Trinajstić information content (AvgIpc) is 2.39. The summed E-state index contributed by atoms with van der Waals surface area (Å²) < 4.78 is 0. The molecule has 0 aromatic heterocycles. The van der Waals surface area contributed by atoms with Crippen LogP contribution in [0.2, 0.25) is 0 Å². The summed E-state index contributed by atoms with van der Waals surface area (Å²) in [6.07, 6.45) is 1.70. The Balaban J connectivity index is 3.13. The van der Waals surface area contributed by atoms with Crippen molar-refractivity contribution in [2.24, 2.45) is 10.1 Å². The van der Waals surface area contributed by atoms with E-state index in [0.29, 0.717) is 0 Å². The lowest BCUT2D eigenvalue weighted by Gasteiger charge is -1.95. The van der Waals surface area contributed by atoms with Crippen molar-refractivity contribution in [1.82, 2.24) is 0 Å². The summed E-state index contributed by atoms with van der Waals surface area (Å²) in [4.78, 5) is 4.13. The fraction of sp³-hybridized carbons (Fsp3) is 0.200. The monoisotopic (exact) mass is 175 g/mol. The molecule has 0 bridgehead atoms. The molecule has 1 rings (SSSR count). The van der Waals surface area contributed by atoms with E-state index in [0.717, 1.165) is 11.0 Å². The topological polar surface area (TPSA) is 36.8 Å². The lowest BCUT2D eigenvalue weighted by atomic mass is 10.4. The predicted molar refractivity (Wildman–Crippen MR) is 55.7 cm³/mol. The third-order valence-corrected chi connectivity index (χ3v) is 1.57. The molecule has 3 heteroatoms. The number of hydrazone groups is 1. The van der Waals surface area contributed by atoms with Crippen molar-refractivity contribution in [3.8, 4) is 0 Å². The maximum atomic E-state index is 4.13. The minimum Gasteiger partial charge on any atom is -0.286 e. The number of nitrogens with one attached hydrogen (secondary N) is 1. The van der Waals surface area contributed by atoms with Gasteiger partial charge in [-0.1, -0.05) is 18.2 Å². The predicted octanol–water partition coefficient (Wildman–Crippen LogP) is 1.63. The average molecular weight is 175 g/mol. The Morgan fingerprint density at radius 2 is 2.00 bits per heavy atom. The molecule has 0 aliphatic carbocycles. The Kier molecular flexibility index (Phi) is 3.70. The van der Waals surface area contributed by atoms with Crippen molar-refractivity contribution in [2.75, 3.05) is 12.5 Å². The van der Waals surface area contributed by atoms with Gasteiger partial charge in [-0.2, -0.15) is 5.10 Å². The fourth-order valence-electron chi connectivity index (χ4n) is 0.961.